The maximum atomic E-state index is 12.7. The topological polar surface area (TPSA) is 84.2 Å². The molecular weight excluding hydrogens is 297 g/mol. The first-order chi connectivity index (χ1) is 9.49. The van der Waals surface area contributed by atoms with Gasteiger partial charge >= 0.3 is 0 Å². The molecule has 1 aliphatic carbocycles. The fourth-order valence-electron chi connectivity index (χ4n) is 2.31. The third-order valence-electron chi connectivity index (χ3n) is 3.49. The van der Waals surface area contributed by atoms with Gasteiger partial charge in [-0.2, -0.15) is 0 Å². The number of anilines is 1. The van der Waals surface area contributed by atoms with Crippen LogP contribution in [-0.2, 0) is 9.59 Å². The van der Waals surface area contributed by atoms with Gasteiger partial charge in [0.25, 0.3) is 0 Å². The summed E-state index contributed by atoms with van der Waals surface area (Å²) in [4.78, 5) is 23.6. The summed E-state index contributed by atoms with van der Waals surface area (Å²) >= 11 is 0. The van der Waals surface area contributed by atoms with Gasteiger partial charge in [0.1, 0.15) is 5.82 Å². The number of hydrogen-bond acceptors (Lipinski definition) is 3. The molecular formula is C14H19ClFN3O2. The van der Waals surface area contributed by atoms with Crippen molar-refractivity contribution in [2.24, 2.45) is 5.73 Å². The van der Waals surface area contributed by atoms with Gasteiger partial charge in [-0.25, -0.2) is 4.39 Å². The summed E-state index contributed by atoms with van der Waals surface area (Å²) in [7, 11) is 0. The van der Waals surface area contributed by atoms with E-state index in [0.29, 0.717) is 18.5 Å². The second-order valence-corrected chi connectivity index (χ2v) is 5.10. The van der Waals surface area contributed by atoms with Gasteiger partial charge in [-0.3, -0.25) is 9.59 Å². The van der Waals surface area contributed by atoms with Crippen LogP contribution in [0.25, 0.3) is 0 Å². The molecule has 0 aromatic heterocycles. The lowest BCUT2D eigenvalue weighted by Crippen LogP contribution is -2.53. The Labute approximate surface area is 128 Å². The highest BCUT2D eigenvalue weighted by Gasteiger charge is 2.36. The summed E-state index contributed by atoms with van der Waals surface area (Å²) in [6.45, 7) is -0.144. The van der Waals surface area contributed by atoms with Crippen molar-refractivity contribution in [3.8, 4) is 0 Å². The fraction of sp³-hybridized carbons (Fsp3) is 0.429. The van der Waals surface area contributed by atoms with Crippen LogP contribution in [0.5, 0.6) is 0 Å². The lowest BCUT2D eigenvalue weighted by molar-refractivity contribution is -0.128. The first-order valence-corrected chi connectivity index (χ1v) is 6.62. The second kappa shape index (κ2) is 7.38. The number of benzene rings is 1. The molecule has 1 fully saturated rings. The molecule has 0 bridgehead atoms. The molecule has 0 aliphatic heterocycles. The van der Waals surface area contributed by atoms with Gasteiger partial charge in [0.2, 0.25) is 11.8 Å². The molecule has 116 valence electrons. The maximum Gasteiger partial charge on any atom is 0.243 e. The Bertz CT molecular complexity index is 501. The van der Waals surface area contributed by atoms with E-state index < -0.39 is 5.54 Å². The van der Waals surface area contributed by atoms with E-state index >= 15 is 0 Å². The zero-order valence-electron chi connectivity index (χ0n) is 11.5. The lowest BCUT2D eigenvalue weighted by Gasteiger charge is -2.21. The van der Waals surface area contributed by atoms with Crippen LogP contribution in [0.15, 0.2) is 24.3 Å². The highest BCUT2D eigenvalue weighted by molar-refractivity contribution is 5.96. The van der Waals surface area contributed by atoms with Crippen molar-refractivity contribution >= 4 is 29.9 Å². The van der Waals surface area contributed by atoms with E-state index in [1.54, 1.807) is 0 Å². The number of carbonyl (C=O) groups excluding carboxylic acids is 2. The summed E-state index contributed by atoms with van der Waals surface area (Å²) in [6, 6.07) is 5.41. The van der Waals surface area contributed by atoms with Crippen LogP contribution in [0.3, 0.4) is 0 Å². The average Bonchev–Trinajstić information content (AvgIpc) is 2.87. The second-order valence-electron chi connectivity index (χ2n) is 5.10. The van der Waals surface area contributed by atoms with Crippen LogP contribution in [0, 0.1) is 5.82 Å². The zero-order chi connectivity index (χ0) is 14.6. The molecule has 7 heteroatoms. The molecule has 0 radical (unpaired) electrons. The predicted octanol–water partition coefficient (Wildman–Crippen LogP) is 1.57. The van der Waals surface area contributed by atoms with Crippen molar-refractivity contribution in [1.29, 1.82) is 0 Å². The molecule has 2 amide bonds. The molecule has 0 saturated heterocycles. The Balaban J connectivity index is 0.00000220. The number of amides is 2. The predicted molar refractivity (Wildman–Crippen MR) is 80.7 cm³/mol. The molecule has 0 heterocycles. The van der Waals surface area contributed by atoms with Crippen LogP contribution >= 0.6 is 12.4 Å². The van der Waals surface area contributed by atoms with E-state index in [1.807, 2.05) is 0 Å². The van der Waals surface area contributed by atoms with Crippen molar-refractivity contribution in [3.05, 3.63) is 30.1 Å². The Kier molecular flexibility index (Phi) is 6.11. The van der Waals surface area contributed by atoms with Crippen LogP contribution in [0.4, 0.5) is 10.1 Å². The van der Waals surface area contributed by atoms with E-state index in [2.05, 4.69) is 10.6 Å². The van der Waals surface area contributed by atoms with E-state index in [0.717, 1.165) is 12.8 Å². The monoisotopic (exact) mass is 315 g/mol. The molecule has 2 rings (SSSR count). The smallest absolute Gasteiger partial charge is 0.243 e. The molecule has 0 atom stereocenters. The van der Waals surface area contributed by atoms with Gasteiger partial charge in [0.05, 0.1) is 12.1 Å². The molecule has 5 nitrogen and oxygen atoms in total. The molecule has 1 aliphatic rings. The maximum absolute atomic E-state index is 12.7. The largest absolute Gasteiger partial charge is 0.345 e. The van der Waals surface area contributed by atoms with Crippen molar-refractivity contribution in [2.45, 2.75) is 31.2 Å². The van der Waals surface area contributed by atoms with Gasteiger partial charge in [0.15, 0.2) is 0 Å². The Morgan fingerprint density at radius 2 is 1.76 bits per heavy atom. The van der Waals surface area contributed by atoms with Crippen LogP contribution < -0.4 is 16.4 Å². The average molecular weight is 316 g/mol. The van der Waals surface area contributed by atoms with Crippen LogP contribution in [0.2, 0.25) is 0 Å². The normalized spacial score (nSPS) is 15.9. The van der Waals surface area contributed by atoms with Crippen molar-refractivity contribution in [3.63, 3.8) is 0 Å². The number of rotatable bonds is 4. The van der Waals surface area contributed by atoms with E-state index in [1.165, 1.54) is 24.3 Å². The highest BCUT2D eigenvalue weighted by atomic mass is 35.5. The lowest BCUT2D eigenvalue weighted by atomic mass is 9.98. The molecule has 0 unspecified atom stereocenters. The minimum Gasteiger partial charge on any atom is -0.345 e. The highest BCUT2D eigenvalue weighted by Crippen LogP contribution is 2.27. The molecule has 4 N–H and O–H groups in total. The Morgan fingerprint density at radius 3 is 2.33 bits per heavy atom. The number of nitrogens with one attached hydrogen (secondary N) is 2. The Hall–Kier alpha value is -1.66. The van der Waals surface area contributed by atoms with Gasteiger partial charge in [-0.05, 0) is 37.1 Å². The number of halogens is 2. The summed E-state index contributed by atoms with van der Waals surface area (Å²) in [5.74, 6) is -1.03. The fourth-order valence-corrected chi connectivity index (χ4v) is 2.31. The SMILES string of the molecule is Cl.NC1(C(=O)NCC(=O)Nc2ccc(F)cc2)CCCC1. The summed E-state index contributed by atoms with van der Waals surface area (Å²) in [5.41, 5.74) is 5.62. The standard InChI is InChI=1S/C14H18FN3O2.ClH/c15-10-3-5-11(6-4-10)18-12(19)9-17-13(20)14(16)7-1-2-8-14;/h3-6H,1-2,7-9,16H2,(H,17,20)(H,18,19);1H. The summed E-state index contributed by atoms with van der Waals surface area (Å²) in [6.07, 6.45) is 3.17. The zero-order valence-corrected chi connectivity index (χ0v) is 12.3. The van der Waals surface area contributed by atoms with Gasteiger partial charge in [-0.15, -0.1) is 12.4 Å². The molecule has 0 spiro atoms. The van der Waals surface area contributed by atoms with Crippen LogP contribution in [0.1, 0.15) is 25.7 Å². The van der Waals surface area contributed by atoms with Crippen molar-refractivity contribution in [1.82, 2.24) is 5.32 Å². The third-order valence-corrected chi connectivity index (χ3v) is 3.49. The number of carbonyl (C=O) groups is 2. The Morgan fingerprint density at radius 1 is 1.19 bits per heavy atom. The van der Waals surface area contributed by atoms with Crippen LogP contribution in [-0.4, -0.2) is 23.9 Å². The summed E-state index contributed by atoms with van der Waals surface area (Å²) in [5, 5.41) is 5.11. The van der Waals surface area contributed by atoms with Gasteiger partial charge in [0, 0.05) is 5.69 Å². The number of hydrogen-bond donors (Lipinski definition) is 3. The minimum atomic E-state index is -0.837. The molecule has 21 heavy (non-hydrogen) atoms. The molecule has 1 aromatic rings. The van der Waals surface area contributed by atoms with Gasteiger partial charge < -0.3 is 16.4 Å². The summed E-state index contributed by atoms with van der Waals surface area (Å²) < 4.78 is 12.7. The van der Waals surface area contributed by atoms with Crippen molar-refractivity contribution in [2.75, 3.05) is 11.9 Å². The van der Waals surface area contributed by atoms with E-state index in [4.69, 9.17) is 5.73 Å². The quantitative estimate of drug-likeness (QED) is 0.788. The first-order valence-electron chi connectivity index (χ1n) is 6.62. The van der Waals surface area contributed by atoms with E-state index in [9.17, 15) is 14.0 Å². The minimum absolute atomic E-state index is 0. The molecule has 1 aromatic carbocycles. The first kappa shape index (κ1) is 17.4. The molecule has 1 saturated carbocycles. The van der Waals surface area contributed by atoms with Gasteiger partial charge in [-0.1, -0.05) is 12.8 Å². The van der Waals surface area contributed by atoms with E-state index in [-0.39, 0.29) is 36.6 Å². The third kappa shape index (κ3) is 4.68. The number of nitrogens with two attached hydrogens (primary N) is 1. The van der Waals surface area contributed by atoms with Crippen molar-refractivity contribution < 1.29 is 14.0 Å².